The van der Waals surface area contributed by atoms with E-state index >= 15 is 0 Å². The van der Waals surface area contributed by atoms with Crippen LogP contribution < -0.4 is 10.1 Å². The maximum absolute atomic E-state index is 13.3. The summed E-state index contributed by atoms with van der Waals surface area (Å²) in [5.74, 6) is 0.284. The number of pyridine rings is 1. The normalized spacial score (nSPS) is 11.4. The number of rotatable bonds is 6. The van der Waals surface area contributed by atoms with E-state index in [0.717, 1.165) is 5.56 Å². The predicted octanol–water partition coefficient (Wildman–Crippen LogP) is 4.97. The van der Waals surface area contributed by atoms with Crippen LogP contribution in [-0.4, -0.2) is 62.8 Å². The topological polar surface area (TPSA) is 104 Å². The summed E-state index contributed by atoms with van der Waals surface area (Å²) >= 11 is 0. The van der Waals surface area contributed by atoms with Crippen molar-refractivity contribution >= 4 is 34.4 Å². The molecule has 11 heteroatoms. The molecule has 0 fully saturated rings. The fourth-order valence-electron chi connectivity index (χ4n) is 3.77. The van der Waals surface area contributed by atoms with Crippen molar-refractivity contribution in [3.8, 4) is 17.0 Å². The van der Waals surface area contributed by atoms with E-state index in [2.05, 4.69) is 15.4 Å². The molecule has 10 nitrogen and oxygen atoms in total. The van der Waals surface area contributed by atoms with Gasteiger partial charge in [-0.15, -0.1) is 0 Å². The first-order valence-electron chi connectivity index (χ1n) is 11.5. The highest BCUT2D eigenvalue weighted by Gasteiger charge is 2.24. The van der Waals surface area contributed by atoms with Crippen molar-refractivity contribution < 1.29 is 23.5 Å². The fraction of sp³-hybridized carbons (Fsp3) is 0.308. The number of carbonyl (C=O) groups excluding carboxylic acids is 2. The van der Waals surface area contributed by atoms with Crippen molar-refractivity contribution in [2.24, 2.45) is 7.05 Å². The van der Waals surface area contributed by atoms with Gasteiger partial charge in [-0.25, -0.2) is 18.7 Å². The number of hydrogen-bond acceptors (Lipinski definition) is 7. The van der Waals surface area contributed by atoms with Crippen LogP contribution in [0.25, 0.3) is 22.2 Å². The third kappa shape index (κ3) is 5.55. The van der Waals surface area contributed by atoms with E-state index in [0.29, 0.717) is 33.7 Å². The molecule has 0 atom stereocenters. The van der Waals surface area contributed by atoms with Crippen LogP contribution in [0.2, 0.25) is 0 Å². The zero-order chi connectivity index (χ0) is 26.9. The van der Waals surface area contributed by atoms with Crippen molar-refractivity contribution in [1.29, 1.82) is 0 Å². The molecule has 194 valence electrons. The van der Waals surface area contributed by atoms with Crippen molar-refractivity contribution in [3.05, 3.63) is 54.5 Å². The van der Waals surface area contributed by atoms with E-state index < -0.39 is 18.6 Å². The third-order valence-electron chi connectivity index (χ3n) is 5.37. The van der Waals surface area contributed by atoms with Crippen molar-refractivity contribution in [2.45, 2.75) is 26.4 Å². The zero-order valence-electron chi connectivity index (χ0n) is 21.6. The van der Waals surface area contributed by atoms with E-state index in [1.807, 2.05) is 6.07 Å². The molecule has 0 unspecified atom stereocenters. The van der Waals surface area contributed by atoms with Crippen LogP contribution in [-0.2, 0) is 11.8 Å². The van der Waals surface area contributed by atoms with Crippen LogP contribution in [0, 0.1) is 0 Å². The summed E-state index contributed by atoms with van der Waals surface area (Å²) in [5, 5.41) is 8.03. The molecule has 0 aliphatic heterocycles. The van der Waals surface area contributed by atoms with E-state index in [4.69, 9.17) is 9.47 Å². The smallest absolute Gasteiger partial charge is 0.419 e. The highest BCUT2D eigenvalue weighted by atomic mass is 19.1. The quantitative estimate of drug-likeness (QED) is 0.392. The first kappa shape index (κ1) is 25.7. The Labute approximate surface area is 213 Å². The molecule has 37 heavy (non-hydrogen) atoms. The number of nitrogens with zero attached hydrogens (tertiary/aromatic N) is 5. The number of ether oxygens (including phenoxy) is 2. The maximum Gasteiger partial charge on any atom is 0.419 e. The van der Waals surface area contributed by atoms with E-state index in [1.54, 1.807) is 83.4 Å². The molecule has 1 N–H and O–H groups in total. The monoisotopic (exact) mass is 508 g/mol. The van der Waals surface area contributed by atoms with Gasteiger partial charge in [-0.1, -0.05) is 0 Å². The summed E-state index contributed by atoms with van der Waals surface area (Å²) in [6, 6.07) is 8.22. The van der Waals surface area contributed by atoms with Crippen LogP contribution in [0.1, 0.15) is 31.1 Å². The molecule has 0 aliphatic carbocycles. The molecule has 4 rings (SSSR count). The summed E-state index contributed by atoms with van der Waals surface area (Å²) in [6.07, 6.45) is 4.54. The third-order valence-corrected chi connectivity index (χ3v) is 5.37. The van der Waals surface area contributed by atoms with Gasteiger partial charge in [0.25, 0.3) is 5.91 Å². The first-order chi connectivity index (χ1) is 17.5. The van der Waals surface area contributed by atoms with Gasteiger partial charge < -0.3 is 19.7 Å². The minimum Gasteiger partial charge on any atom is -0.461 e. The van der Waals surface area contributed by atoms with Gasteiger partial charge >= 0.3 is 6.09 Å². The molecule has 0 aliphatic rings. The van der Waals surface area contributed by atoms with Crippen LogP contribution in [0.15, 0.2) is 48.9 Å². The summed E-state index contributed by atoms with van der Waals surface area (Å²) in [6.45, 7) is 4.32. The lowest BCUT2D eigenvalue weighted by molar-refractivity contribution is 0.0547. The Morgan fingerprint density at radius 3 is 2.51 bits per heavy atom. The summed E-state index contributed by atoms with van der Waals surface area (Å²) in [4.78, 5) is 31.5. The van der Waals surface area contributed by atoms with Gasteiger partial charge in [0.15, 0.2) is 0 Å². The van der Waals surface area contributed by atoms with Crippen molar-refractivity contribution in [2.75, 3.05) is 26.3 Å². The van der Waals surface area contributed by atoms with E-state index in [1.165, 1.54) is 15.5 Å². The number of fused-ring (bicyclic) bond motifs is 1. The number of halogens is 1. The Bertz CT molecular complexity index is 1470. The van der Waals surface area contributed by atoms with Gasteiger partial charge in [-0.3, -0.25) is 9.48 Å². The summed E-state index contributed by atoms with van der Waals surface area (Å²) in [5.41, 5.74) is 1.93. The second kappa shape index (κ2) is 9.92. The second-order valence-corrected chi connectivity index (χ2v) is 9.67. The molecular weight excluding hydrogens is 479 g/mol. The minimum absolute atomic E-state index is 0.149. The van der Waals surface area contributed by atoms with Crippen LogP contribution in [0.3, 0.4) is 0 Å². The second-order valence-electron chi connectivity index (χ2n) is 9.67. The molecule has 0 spiro atoms. The average molecular weight is 509 g/mol. The lowest BCUT2D eigenvalue weighted by Gasteiger charge is -2.21. The zero-order valence-corrected chi connectivity index (χ0v) is 21.6. The van der Waals surface area contributed by atoms with E-state index in [9.17, 15) is 14.0 Å². The molecule has 0 bridgehead atoms. The highest BCUT2D eigenvalue weighted by Crippen LogP contribution is 2.33. The highest BCUT2D eigenvalue weighted by molar-refractivity contribution is 5.97. The lowest BCUT2D eigenvalue weighted by Crippen LogP contribution is -2.27. The van der Waals surface area contributed by atoms with Crippen LogP contribution in [0.4, 0.5) is 20.7 Å². The molecule has 4 aromatic rings. The molecule has 0 radical (unpaired) electrons. The Balaban J connectivity index is 1.78. The number of anilines is 2. The minimum atomic E-state index is -1.07. The van der Waals surface area contributed by atoms with E-state index in [-0.39, 0.29) is 11.7 Å². The Kier molecular flexibility index (Phi) is 6.88. The SMILES string of the molecule is CN(C)C(=O)c1ccc(Nc2cc3c(cn2)cc(-c2cnn(C)c2)n3C(=O)OC(C)(C)C)c(OCF)c1. The fourth-order valence-corrected chi connectivity index (χ4v) is 3.77. The lowest BCUT2D eigenvalue weighted by atomic mass is 10.1. The molecule has 1 aromatic carbocycles. The number of benzene rings is 1. The maximum atomic E-state index is 13.3. The van der Waals surface area contributed by atoms with Gasteiger partial charge in [0.1, 0.15) is 17.2 Å². The van der Waals surface area contributed by atoms with Gasteiger partial charge in [0.2, 0.25) is 6.86 Å². The molecule has 3 heterocycles. The predicted molar refractivity (Wildman–Crippen MR) is 138 cm³/mol. The van der Waals surface area contributed by atoms with Crippen molar-refractivity contribution in [3.63, 3.8) is 0 Å². The van der Waals surface area contributed by atoms with Crippen molar-refractivity contribution in [1.82, 2.24) is 24.2 Å². The largest absolute Gasteiger partial charge is 0.461 e. The number of alkyl halides is 1. The Morgan fingerprint density at radius 1 is 1.14 bits per heavy atom. The van der Waals surface area contributed by atoms with Gasteiger partial charge in [0, 0.05) is 56.1 Å². The van der Waals surface area contributed by atoms with Gasteiger partial charge in [-0.2, -0.15) is 5.10 Å². The number of carbonyl (C=O) groups is 2. The molecular formula is C26H29FN6O4. The molecule has 3 aromatic heterocycles. The standard InChI is InChI=1S/C26H29FN6O4/c1-26(2,3)37-25(35)33-20(18-13-29-32(6)14-18)9-17-12-28-23(11-21(17)33)30-19-8-7-16(24(34)31(4)5)10-22(19)36-15-27/h7-14H,15H2,1-6H3,(H,28,30). The Morgan fingerprint density at radius 2 is 1.89 bits per heavy atom. The molecule has 1 amide bonds. The number of amides is 1. The average Bonchev–Trinajstić information content (AvgIpc) is 3.41. The van der Waals surface area contributed by atoms with Crippen LogP contribution >= 0.6 is 0 Å². The summed E-state index contributed by atoms with van der Waals surface area (Å²) < 4.78 is 27.1. The number of nitrogens with one attached hydrogen (secondary N) is 1. The summed E-state index contributed by atoms with van der Waals surface area (Å²) in [7, 11) is 5.05. The number of aromatic nitrogens is 4. The van der Waals surface area contributed by atoms with Gasteiger partial charge in [0.05, 0.1) is 23.1 Å². The first-order valence-corrected chi connectivity index (χ1v) is 11.5. The number of hydrogen-bond donors (Lipinski definition) is 1. The van der Waals surface area contributed by atoms with Crippen LogP contribution in [0.5, 0.6) is 5.75 Å². The Hall–Kier alpha value is -4.41. The van der Waals surface area contributed by atoms with Gasteiger partial charge in [-0.05, 0) is 45.0 Å². The number of aryl methyl sites for hydroxylation is 1. The molecule has 0 saturated heterocycles. The molecule has 0 saturated carbocycles.